The van der Waals surface area contributed by atoms with Gasteiger partial charge in [0, 0.05) is 11.4 Å². The van der Waals surface area contributed by atoms with Crippen LogP contribution in [-0.2, 0) is 0 Å². The molecule has 0 aliphatic rings. The lowest BCUT2D eigenvalue weighted by Gasteiger charge is -2.15. The Morgan fingerprint density at radius 1 is 1.35 bits per heavy atom. The minimum Gasteiger partial charge on any atom is -0.349 e. The Morgan fingerprint density at radius 3 is 2.35 bits per heavy atom. The summed E-state index contributed by atoms with van der Waals surface area (Å²) in [5.74, 6) is -2.49. The van der Waals surface area contributed by atoms with Gasteiger partial charge in [0.2, 0.25) is 0 Å². The minimum atomic E-state index is -0.867. The Morgan fingerprint density at radius 2 is 1.88 bits per heavy atom. The first-order valence-corrected chi connectivity index (χ1v) is 5.74. The highest BCUT2D eigenvalue weighted by Crippen LogP contribution is 2.13. The molecule has 1 N–H and O–H groups in total. The van der Waals surface area contributed by atoms with Gasteiger partial charge >= 0.3 is 0 Å². The molecule has 0 aliphatic heterocycles. The predicted octanol–water partition coefficient (Wildman–Crippen LogP) is 3.10. The first kappa shape index (κ1) is 13.9. The highest BCUT2D eigenvalue weighted by Gasteiger charge is 2.18. The van der Waals surface area contributed by atoms with Crippen LogP contribution < -0.4 is 5.32 Å². The van der Waals surface area contributed by atoms with Gasteiger partial charge in [-0.2, -0.15) is 0 Å². The van der Waals surface area contributed by atoms with Crippen LogP contribution >= 0.6 is 11.6 Å². The molecular formula is C12H14ClF2NO. The maximum Gasteiger partial charge on any atom is 0.257 e. The van der Waals surface area contributed by atoms with Gasteiger partial charge in [-0.15, -0.1) is 11.6 Å². The molecule has 0 aromatic heterocycles. The topological polar surface area (TPSA) is 29.1 Å². The molecule has 17 heavy (non-hydrogen) atoms. The van der Waals surface area contributed by atoms with E-state index in [4.69, 9.17) is 11.6 Å². The quantitative estimate of drug-likeness (QED) is 0.829. The largest absolute Gasteiger partial charge is 0.349 e. The third-order valence-electron chi connectivity index (χ3n) is 2.25. The molecule has 94 valence electrons. The number of hydrogen-bond donors (Lipinski definition) is 1. The molecule has 2 nitrogen and oxygen atoms in total. The van der Waals surface area contributed by atoms with Gasteiger partial charge in [0.25, 0.3) is 5.91 Å². The summed E-state index contributed by atoms with van der Waals surface area (Å²) >= 11 is 5.77. The molecule has 0 radical (unpaired) electrons. The molecule has 5 heteroatoms. The molecule has 1 aromatic carbocycles. The van der Waals surface area contributed by atoms with E-state index in [1.54, 1.807) is 13.8 Å². The molecule has 0 fully saturated rings. The summed E-state index contributed by atoms with van der Waals surface area (Å²) in [7, 11) is 0. The van der Waals surface area contributed by atoms with Crippen molar-refractivity contribution in [2.45, 2.75) is 31.7 Å². The van der Waals surface area contributed by atoms with Gasteiger partial charge in [-0.05, 0) is 32.4 Å². The predicted molar refractivity (Wildman–Crippen MR) is 63.2 cm³/mol. The minimum absolute atomic E-state index is 0.115. The SMILES string of the molecule is CC(Cl)CC(C)NC(=O)c1c(F)cccc1F. The average Bonchev–Trinajstić information content (AvgIpc) is 2.15. The number of carbonyl (C=O) groups excluding carboxylic acids is 1. The molecule has 1 aromatic rings. The fraction of sp³-hybridized carbons (Fsp3) is 0.417. The summed E-state index contributed by atoms with van der Waals surface area (Å²) in [5.41, 5.74) is -0.554. The van der Waals surface area contributed by atoms with Gasteiger partial charge in [0.1, 0.15) is 17.2 Å². The first-order chi connectivity index (χ1) is 7.91. The fourth-order valence-electron chi connectivity index (χ4n) is 1.56. The zero-order chi connectivity index (χ0) is 13.0. The Hall–Kier alpha value is -1.16. The highest BCUT2D eigenvalue weighted by molar-refractivity contribution is 6.20. The van der Waals surface area contributed by atoms with Gasteiger partial charge in [-0.3, -0.25) is 4.79 Å². The third-order valence-corrected chi connectivity index (χ3v) is 2.42. The summed E-state index contributed by atoms with van der Waals surface area (Å²) in [4.78, 5) is 11.6. The van der Waals surface area contributed by atoms with Gasteiger partial charge < -0.3 is 5.32 Å². The highest BCUT2D eigenvalue weighted by atomic mass is 35.5. The molecule has 0 bridgehead atoms. The van der Waals surface area contributed by atoms with Gasteiger partial charge in [0.05, 0.1) is 0 Å². The van der Waals surface area contributed by atoms with Gasteiger partial charge in [-0.1, -0.05) is 6.07 Å². The molecule has 0 saturated heterocycles. The van der Waals surface area contributed by atoms with E-state index in [1.165, 1.54) is 6.07 Å². The van der Waals surface area contributed by atoms with Crippen molar-refractivity contribution < 1.29 is 13.6 Å². The van der Waals surface area contributed by atoms with Crippen LogP contribution in [0, 0.1) is 11.6 Å². The van der Waals surface area contributed by atoms with E-state index in [1.807, 2.05) is 0 Å². The van der Waals surface area contributed by atoms with Crippen LogP contribution in [0.15, 0.2) is 18.2 Å². The van der Waals surface area contributed by atoms with E-state index in [0.717, 1.165) is 12.1 Å². The van der Waals surface area contributed by atoms with Crippen LogP contribution in [0.4, 0.5) is 8.78 Å². The Labute approximate surface area is 104 Å². The summed E-state index contributed by atoms with van der Waals surface area (Å²) in [6.45, 7) is 3.52. The van der Waals surface area contributed by atoms with Gasteiger partial charge in [-0.25, -0.2) is 8.78 Å². The molecular weight excluding hydrogens is 248 g/mol. The molecule has 0 heterocycles. The van der Waals surface area contributed by atoms with Crippen molar-refractivity contribution in [1.29, 1.82) is 0 Å². The van der Waals surface area contributed by atoms with Crippen LogP contribution in [0.5, 0.6) is 0 Å². The van der Waals surface area contributed by atoms with Crippen molar-refractivity contribution >= 4 is 17.5 Å². The van der Waals surface area contributed by atoms with Crippen molar-refractivity contribution in [3.8, 4) is 0 Å². The number of benzene rings is 1. The smallest absolute Gasteiger partial charge is 0.257 e. The van der Waals surface area contributed by atoms with Crippen molar-refractivity contribution in [2.24, 2.45) is 0 Å². The van der Waals surface area contributed by atoms with E-state index < -0.39 is 23.1 Å². The Balaban J connectivity index is 2.77. The fourth-order valence-corrected chi connectivity index (χ4v) is 1.82. The van der Waals surface area contributed by atoms with Crippen molar-refractivity contribution in [2.75, 3.05) is 0 Å². The monoisotopic (exact) mass is 261 g/mol. The van der Waals surface area contributed by atoms with E-state index >= 15 is 0 Å². The summed E-state index contributed by atoms with van der Waals surface area (Å²) in [6, 6.07) is 3.07. The maximum atomic E-state index is 13.3. The van der Waals surface area contributed by atoms with Crippen LogP contribution in [0.3, 0.4) is 0 Å². The molecule has 1 amide bonds. The van der Waals surface area contributed by atoms with E-state index in [2.05, 4.69) is 5.32 Å². The number of carbonyl (C=O) groups is 1. The summed E-state index contributed by atoms with van der Waals surface area (Å²) in [6.07, 6.45) is 0.531. The Kier molecular flexibility index (Phi) is 4.87. The van der Waals surface area contributed by atoms with Crippen LogP contribution in [0.1, 0.15) is 30.6 Å². The number of rotatable bonds is 4. The van der Waals surface area contributed by atoms with Crippen LogP contribution in [0.25, 0.3) is 0 Å². The molecule has 2 atom stereocenters. The maximum absolute atomic E-state index is 13.3. The van der Waals surface area contributed by atoms with E-state index in [9.17, 15) is 13.6 Å². The molecule has 1 rings (SSSR count). The second-order valence-corrected chi connectivity index (χ2v) is 4.73. The van der Waals surface area contributed by atoms with Crippen LogP contribution in [0.2, 0.25) is 0 Å². The zero-order valence-corrected chi connectivity index (χ0v) is 10.4. The van der Waals surface area contributed by atoms with Gasteiger partial charge in [0.15, 0.2) is 0 Å². The lowest BCUT2D eigenvalue weighted by molar-refractivity contribution is 0.0930. The standard InChI is InChI=1S/C12H14ClF2NO/c1-7(13)6-8(2)16-12(17)11-9(14)4-3-5-10(11)15/h3-5,7-8H,6H2,1-2H3,(H,16,17). The third kappa shape index (κ3) is 3.97. The summed E-state index contributed by atoms with van der Waals surface area (Å²) in [5, 5.41) is 2.39. The molecule has 0 spiro atoms. The lowest BCUT2D eigenvalue weighted by Crippen LogP contribution is -2.35. The second kappa shape index (κ2) is 5.96. The second-order valence-electron chi connectivity index (χ2n) is 3.99. The van der Waals surface area contributed by atoms with Crippen molar-refractivity contribution in [1.82, 2.24) is 5.32 Å². The first-order valence-electron chi connectivity index (χ1n) is 5.30. The number of nitrogens with one attached hydrogen (secondary N) is 1. The average molecular weight is 262 g/mol. The van der Waals surface area contributed by atoms with Crippen molar-refractivity contribution in [3.63, 3.8) is 0 Å². The number of alkyl halides is 1. The number of hydrogen-bond acceptors (Lipinski definition) is 1. The summed E-state index contributed by atoms with van der Waals surface area (Å²) < 4.78 is 26.6. The lowest BCUT2D eigenvalue weighted by atomic mass is 10.1. The van der Waals surface area contributed by atoms with E-state index in [-0.39, 0.29) is 11.4 Å². The zero-order valence-electron chi connectivity index (χ0n) is 9.64. The Bertz CT molecular complexity index is 389. The number of amides is 1. The number of halogens is 3. The molecule has 2 unspecified atom stereocenters. The van der Waals surface area contributed by atoms with Crippen molar-refractivity contribution in [3.05, 3.63) is 35.4 Å². The molecule has 0 saturated carbocycles. The molecule has 0 aliphatic carbocycles. The van der Waals surface area contributed by atoms with Crippen LogP contribution in [-0.4, -0.2) is 17.3 Å². The normalized spacial score (nSPS) is 14.2. The van der Waals surface area contributed by atoms with E-state index in [0.29, 0.717) is 6.42 Å².